The number of rotatable bonds is 1. The van der Waals surface area contributed by atoms with Crippen molar-refractivity contribution in [2.75, 3.05) is 0 Å². The van der Waals surface area contributed by atoms with Gasteiger partial charge in [0.2, 0.25) is 0 Å². The molecule has 1 atom stereocenters. The van der Waals surface area contributed by atoms with E-state index in [9.17, 15) is 9.18 Å². The van der Waals surface area contributed by atoms with Gasteiger partial charge in [-0.05, 0) is 46.0 Å². The lowest BCUT2D eigenvalue weighted by Crippen LogP contribution is -2.24. The van der Waals surface area contributed by atoms with E-state index in [1.807, 2.05) is 0 Å². The number of carbonyl (C=O) groups is 1. The average Bonchev–Trinajstić information content (AvgIpc) is 2.57. The molecule has 4 nitrogen and oxygen atoms in total. The van der Waals surface area contributed by atoms with Gasteiger partial charge in [-0.3, -0.25) is 4.79 Å². The quantitative estimate of drug-likeness (QED) is 0.546. The summed E-state index contributed by atoms with van der Waals surface area (Å²) in [6, 6.07) is 0. The van der Waals surface area contributed by atoms with Crippen LogP contribution < -0.4 is 11.2 Å². The van der Waals surface area contributed by atoms with E-state index >= 15 is 0 Å². The first kappa shape index (κ1) is 11.2. The molecule has 0 saturated heterocycles. The Bertz CT molecular complexity index is 505. The molecule has 0 saturated carbocycles. The molecule has 0 aromatic carbocycles. The zero-order valence-corrected chi connectivity index (χ0v) is 9.70. The van der Waals surface area contributed by atoms with Gasteiger partial charge >= 0.3 is 0 Å². The summed E-state index contributed by atoms with van der Waals surface area (Å²) in [5, 5.41) is 1.75. The monoisotopic (exact) mass is 257 g/mol. The standard InChI is InChI=1S/C9H8FN3OS2/c10-7-4-6(14)3-5-1-2-16(8(5)7)13-12-9(11)15/h1-3H,4H2,(H3,11,12,15). The fourth-order valence-electron chi connectivity index (χ4n) is 1.41. The van der Waals surface area contributed by atoms with Gasteiger partial charge < -0.3 is 5.73 Å². The Morgan fingerprint density at radius 1 is 1.69 bits per heavy atom. The van der Waals surface area contributed by atoms with Gasteiger partial charge in [0.15, 0.2) is 10.9 Å². The maximum absolute atomic E-state index is 13.6. The van der Waals surface area contributed by atoms with Crippen molar-refractivity contribution in [2.24, 2.45) is 10.2 Å². The minimum Gasteiger partial charge on any atom is -0.375 e. The Hall–Kier alpha value is -1.34. The van der Waals surface area contributed by atoms with E-state index in [4.69, 9.17) is 5.73 Å². The minimum atomic E-state index is -0.759. The molecule has 1 heterocycles. The number of nitrogens with zero attached hydrogens (tertiary/aromatic N) is 1. The number of carbonyl (C=O) groups excluding carboxylic acids is 1. The highest BCUT2D eigenvalue weighted by atomic mass is 32.2. The van der Waals surface area contributed by atoms with E-state index in [-0.39, 0.29) is 17.3 Å². The summed E-state index contributed by atoms with van der Waals surface area (Å²) in [5.41, 5.74) is 8.25. The first-order valence-corrected chi connectivity index (χ1v) is 6.04. The van der Waals surface area contributed by atoms with Gasteiger partial charge in [-0.15, -0.1) is 4.47 Å². The van der Waals surface area contributed by atoms with Gasteiger partial charge in [0.1, 0.15) is 5.83 Å². The van der Waals surface area contributed by atoms with Gasteiger partial charge in [0.05, 0.1) is 11.3 Å². The lowest BCUT2D eigenvalue weighted by molar-refractivity contribution is -0.114. The normalized spacial score (nSPS) is 23.4. The molecule has 3 N–H and O–H groups in total. The van der Waals surface area contributed by atoms with Crippen LogP contribution in [0.4, 0.5) is 4.39 Å². The molecule has 0 amide bonds. The van der Waals surface area contributed by atoms with Crippen LogP contribution in [0.2, 0.25) is 0 Å². The average molecular weight is 257 g/mol. The van der Waals surface area contributed by atoms with Crippen LogP contribution in [-0.4, -0.2) is 10.9 Å². The number of nitrogens with one attached hydrogen (secondary N) is 1. The van der Waals surface area contributed by atoms with E-state index in [0.29, 0.717) is 10.5 Å². The summed E-state index contributed by atoms with van der Waals surface area (Å²) in [5.74, 6) is -0.655. The zero-order valence-electron chi connectivity index (χ0n) is 8.07. The molecule has 0 spiro atoms. The summed E-state index contributed by atoms with van der Waals surface area (Å²) in [6.45, 7) is 0. The van der Waals surface area contributed by atoms with Crippen LogP contribution in [0, 0.1) is 0 Å². The van der Waals surface area contributed by atoms with Crippen LogP contribution in [0.3, 0.4) is 0 Å². The molecule has 0 radical (unpaired) electrons. The minimum absolute atomic E-state index is 0.0335. The number of halogens is 1. The second-order valence-corrected chi connectivity index (χ2v) is 5.09. The number of fused-ring (bicyclic) bond motifs is 1. The number of thiocarbonyl (C=S) groups is 1. The van der Waals surface area contributed by atoms with Crippen molar-refractivity contribution in [3.05, 3.63) is 33.9 Å². The second-order valence-electron chi connectivity index (χ2n) is 3.16. The highest BCUT2D eigenvalue weighted by molar-refractivity contribution is 7.94. The molecule has 16 heavy (non-hydrogen) atoms. The van der Waals surface area contributed by atoms with E-state index in [1.165, 1.54) is 6.08 Å². The van der Waals surface area contributed by atoms with E-state index < -0.39 is 16.5 Å². The zero-order chi connectivity index (χ0) is 11.7. The van der Waals surface area contributed by atoms with Crippen LogP contribution in [0.25, 0.3) is 0 Å². The van der Waals surface area contributed by atoms with Crippen LogP contribution in [0.5, 0.6) is 0 Å². The summed E-state index contributed by atoms with van der Waals surface area (Å²) >= 11 is 4.60. The molecule has 0 aromatic heterocycles. The topological polar surface area (TPSA) is 67.5 Å². The Kier molecular flexibility index (Phi) is 2.97. The van der Waals surface area contributed by atoms with Crippen molar-refractivity contribution in [1.82, 2.24) is 5.43 Å². The molecule has 2 rings (SSSR count). The summed E-state index contributed by atoms with van der Waals surface area (Å²) < 4.78 is 17.6. The van der Waals surface area contributed by atoms with Crippen molar-refractivity contribution < 1.29 is 9.18 Å². The summed E-state index contributed by atoms with van der Waals surface area (Å²) in [6.07, 6.45) is 2.92. The van der Waals surface area contributed by atoms with Crippen LogP contribution >= 0.6 is 12.2 Å². The Balaban J connectivity index is 2.35. The first-order valence-electron chi connectivity index (χ1n) is 4.39. The highest BCUT2D eigenvalue weighted by Gasteiger charge is 2.25. The molecule has 7 heteroatoms. The predicted octanol–water partition coefficient (Wildman–Crippen LogP) is 1.14. The smallest absolute Gasteiger partial charge is 0.184 e. The molecule has 1 aliphatic heterocycles. The number of allylic oxidation sites excluding steroid dienone is 4. The van der Waals surface area contributed by atoms with E-state index in [1.54, 1.807) is 11.5 Å². The van der Waals surface area contributed by atoms with Crippen molar-refractivity contribution in [3.8, 4) is 0 Å². The summed E-state index contributed by atoms with van der Waals surface area (Å²) in [7, 11) is -0.759. The lowest BCUT2D eigenvalue weighted by atomic mass is 10.1. The van der Waals surface area contributed by atoms with Crippen LogP contribution in [0.1, 0.15) is 6.42 Å². The Morgan fingerprint density at radius 2 is 2.44 bits per heavy atom. The molecule has 0 bridgehead atoms. The molecule has 1 aliphatic carbocycles. The van der Waals surface area contributed by atoms with Crippen molar-refractivity contribution in [3.63, 3.8) is 0 Å². The number of hydrogen-bond donors (Lipinski definition) is 2. The number of nitrogens with two attached hydrogens (primary N) is 1. The third-order valence-corrected chi connectivity index (χ3v) is 3.64. The van der Waals surface area contributed by atoms with Crippen LogP contribution in [-0.2, 0) is 15.5 Å². The lowest BCUT2D eigenvalue weighted by Gasteiger charge is -2.10. The maximum atomic E-state index is 13.6. The van der Waals surface area contributed by atoms with Gasteiger partial charge in [-0.2, -0.15) is 0 Å². The number of hydrogen-bond acceptors (Lipinski definition) is 3. The Morgan fingerprint density at radius 3 is 3.12 bits per heavy atom. The largest absolute Gasteiger partial charge is 0.375 e. The third kappa shape index (κ3) is 2.10. The molecular weight excluding hydrogens is 249 g/mol. The van der Waals surface area contributed by atoms with E-state index in [2.05, 4.69) is 22.1 Å². The summed E-state index contributed by atoms with van der Waals surface area (Å²) in [4.78, 5) is 11.6. The molecule has 0 fully saturated rings. The van der Waals surface area contributed by atoms with Crippen LogP contribution in [0.15, 0.2) is 38.3 Å². The van der Waals surface area contributed by atoms with Crippen molar-refractivity contribution in [2.45, 2.75) is 6.42 Å². The fraction of sp³-hybridized carbons (Fsp3) is 0.111. The Labute approximate surface area is 99.2 Å². The van der Waals surface area contributed by atoms with Crippen molar-refractivity contribution >= 4 is 33.8 Å². The van der Waals surface area contributed by atoms with Gasteiger partial charge in [-0.25, -0.2) is 9.82 Å². The second kappa shape index (κ2) is 4.26. The van der Waals surface area contributed by atoms with Gasteiger partial charge in [0.25, 0.3) is 0 Å². The van der Waals surface area contributed by atoms with Gasteiger partial charge in [-0.1, -0.05) is 0 Å². The van der Waals surface area contributed by atoms with Crippen molar-refractivity contribution in [1.29, 1.82) is 0 Å². The first-order chi connectivity index (χ1) is 7.58. The molecule has 0 aromatic rings. The SMILES string of the molecule is NC(=S)N/N=S1\C=CC2=CC(=O)CC(F)=C21. The molecule has 1 unspecified atom stereocenters. The molecular formula is C9H8FN3OS2. The molecule has 84 valence electrons. The van der Waals surface area contributed by atoms with Gasteiger partial charge in [0, 0.05) is 0 Å². The number of ketones is 1. The van der Waals surface area contributed by atoms with E-state index in [0.717, 1.165) is 0 Å². The maximum Gasteiger partial charge on any atom is 0.184 e. The fourth-order valence-corrected chi connectivity index (χ4v) is 2.95. The molecule has 2 aliphatic rings. The highest BCUT2D eigenvalue weighted by Crippen LogP contribution is 2.34. The predicted molar refractivity (Wildman–Crippen MR) is 64.7 cm³/mol. The third-order valence-electron chi connectivity index (χ3n) is 1.99.